The van der Waals surface area contributed by atoms with Gasteiger partial charge in [0.1, 0.15) is 6.10 Å². The van der Waals surface area contributed by atoms with Crippen molar-refractivity contribution in [2.24, 2.45) is 0 Å². The van der Waals surface area contributed by atoms with Crippen molar-refractivity contribution in [1.82, 2.24) is 0 Å². The first kappa shape index (κ1) is 6.78. The van der Waals surface area contributed by atoms with Crippen molar-refractivity contribution in [3.63, 3.8) is 0 Å². The highest BCUT2D eigenvalue weighted by molar-refractivity contribution is 4.88. The SMILES string of the molecule is C=C(C)COC1OC1C. The number of hydrogen-bond donors (Lipinski definition) is 0. The maximum atomic E-state index is 5.20. The summed E-state index contributed by atoms with van der Waals surface area (Å²) < 4.78 is 10.2. The van der Waals surface area contributed by atoms with Gasteiger partial charge in [-0.15, -0.1) is 0 Å². The van der Waals surface area contributed by atoms with Crippen LogP contribution in [0.2, 0.25) is 0 Å². The molecule has 2 unspecified atom stereocenters. The summed E-state index contributed by atoms with van der Waals surface area (Å²) in [6.07, 6.45) is 0.339. The van der Waals surface area contributed by atoms with Crippen LogP contribution in [-0.4, -0.2) is 19.0 Å². The third-order valence-electron chi connectivity index (χ3n) is 1.15. The van der Waals surface area contributed by atoms with Crippen LogP contribution in [0.1, 0.15) is 13.8 Å². The van der Waals surface area contributed by atoms with E-state index in [2.05, 4.69) is 6.58 Å². The van der Waals surface area contributed by atoms with E-state index in [1.165, 1.54) is 0 Å². The Hall–Kier alpha value is -0.340. The molecule has 2 atom stereocenters. The second-order valence-electron chi connectivity index (χ2n) is 2.48. The van der Waals surface area contributed by atoms with Crippen LogP contribution in [0, 0.1) is 0 Å². The third kappa shape index (κ3) is 2.16. The second-order valence-corrected chi connectivity index (χ2v) is 2.48. The minimum atomic E-state index is 0.0432. The van der Waals surface area contributed by atoms with Gasteiger partial charge in [-0.2, -0.15) is 0 Å². The molecule has 2 heteroatoms. The molecule has 0 aliphatic carbocycles. The van der Waals surface area contributed by atoms with Gasteiger partial charge in [0.05, 0.1) is 6.61 Å². The van der Waals surface area contributed by atoms with E-state index < -0.39 is 0 Å². The zero-order valence-electron chi connectivity index (χ0n) is 5.89. The molecule has 2 nitrogen and oxygen atoms in total. The molecule has 0 aromatic rings. The highest BCUT2D eigenvalue weighted by Gasteiger charge is 2.34. The fourth-order valence-electron chi connectivity index (χ4n) is 0.565. The van der Waals surface area contributed by atoms with Crippen molar-refractivity contribution < 1.29 is 9.47 Å². The Balaban J connectivity index is 2.00. The molecule has 0 N–H and O–H groups in total. The molecule has 1 rings (SSSR count). The molecule has 0 amide bonds. The minimum Gasteiger partial charge on any atom is -0.346 e. The molecule has 1 saturated heterocycles. The van der Waals surface area contributed by atoms with Crippen LogP contribution in [0.15, 0.2) is 12.2 Å². The van der Waals surface area contributed by atoms with Gasteiger partial charge in [0.2, 0.25) is 0 Å². The summed E-state index contributed by atoms with van der Waals surface area (Å²) in [5.74, 6) is 0. The summed E-state index contributed by atoms with van der Waals surface area (Å²) in [6.45, 7) is 8.25. The van der Waals surface area contributed by atoms with Crippen LogP contribution >= 0.6 is 0 Å². The van der Waals surface area contributed by atoms with Crippen LogP contribution in [0.5, 0.6) is 0 Å². The van der Waals surface area contributed by atoms with E-state index in [1.807, 2.05) is 13.8 Å². The van der Waals surface area contributed by atoms with Crippen LogP contribution in [0.25, 0.3) is 0 Å². The van der Waals surface area contributed by atoms with E-state index in [4.69, 9.17) is 9.47 Å². The van der Waals surface area contributed by atoms with Gasteiger partial charge < -0.3 is 9.47 Å². The fourth-order valence-corrected chi connectivity index (χ4v) is 0.565. The van der Waals surface area contributed by atoms with Gasteiger partial charge in [0.25, 0.3) is 0 Å². The van der Waals surface area contributed by atoms with Crippen LogP contribution < -0.4 is 0 Å². The average molecular weight is 128 g/mol. The average Bonchev–Trinajstić information content (AvgIpc) is 2.42. The third-order valence-corrected chi connectivity index (χ3v) is 1.15. The molecule has 0 aromatic carbocycles. The van der Waals surface area contributed by atoms with E-state index in [0.717, 1.165) is 5.57 Å². The van der Waals surface area contributed by atoms with Gasteiger partial charge in [-0.25, -0.2) is 0 Å². The summed E-state index contributed by atoms with van der Waals surface area (Å²) in [7, 11) is 0. The molecular weight excluding hydrogens is 116 g/mol. The first-order chi connectivity index (χ1) is 4.20. The predicted octanol–water partition coefficient (Wildman–Crippen LogP) is 1.32. The lowest BCUT2D eigenvalue weighted by molar-refractivity contribution is 0.0656. The smallest absolute Gasteiger partial charge is 0.184 e. The van der Waals surface area contributed by atoms with Crippen LogP contribution in [0.3, 0.4) is 0 Å². The lowest BCUT2D eigenvalue weighted by Crippen LogP contribution is -1.99. The fraction of sp³-hybridized carbons (Fsp3) is 0.714. The van der Waals surface area contributed by atoms with E-state index in [1.54, 1.807) is 0 Å². The van der Waals surface area contributed by atoms with E-state index in [9.17, 15) is 0 Å². The molecular formula is C7H12O2. The molecule has 0 spiro atoms. The van der Waals surface area contributed by atoms with Crippen molar-refractivity contribution in [2.75, 3.05) is 6.61 Å². The number of rotatable bonds is 3. The second kappa shape index (κ2) is 2.50. The van der Waals surface area contributed by atoms with E-state index >= 15 is 0 Å². The Kier molecular flexibility index (Phi) is 1.88. The summed E-state index contributed by atoms with van der Waals surface area (Å²) in [5.41, 5.74) is 1.04. The van der Waals surface area contributed by atoms with Gasteiger partial charge in [0, 0.05) is 0 Å². The standard InChI is InChI=1S/C7H12O2/c1-5(2)4-8-7-6(3)9-7/h6-7H,1,4H2,2-3H3. The molecule has 1 fully saturated rings. The molecule has 0 aromatic heterocycles. The minimum absolute atomic E-state index is 0.0432. The van der Waals surface area contributed by atoms with Gasteiger partial charge in [0.15, 0.2) is 6.29 Å². The van der Waals surface area contributed by atoms with Gasteiger partial charge in [-0.05, 0) is 13.8 Å². The Morgan fingerprint density at radius 1 is 1.78 bits per heavy atom. The van der Waals surface area contributed by atoms with Crippen molar-refractivity contribution in [3.8, 4) is 0 Å². The Morgan fingerprint density at radius 3 is 2.67 bits per heavy atom. The largest absolute Gasteiger partial charge is 0.346 e. The Morgan fingerprint density at radius 2 is 2.33 bits per heavy atom. The Labute approximate surface area is 55.5 Å². The van der Waals surface area contributed by atoms with Crippen molar-refractivity contribution in [1.29, 1.82) is 0 Å². The van der Waals surface area contributed by atoms with Crippen molar-refractivity contribution >= 4 is 0 Å². The molecule has 1 aliphatic rings. The first-order valence-electron chi connectivity index (χ1n) is 3.11. The number of hydrogen-bond acceptors (Lipinski definition) is 2. The summed E-state index contributed by atoms with van der Waals surface area (Å²) in [6, 6.07) is 0. The first-order valence-corrected chi connectivity index (χ1v) is 3.11. The quantitative estimate of drug-likeness (QED) is 0.422. The summed E-state index contributed by atoms with van der Waals surface area (Å²) >= 11 is 0. The zero-order valence-corrected chi connectivity index (χ0v) is 5.89. The van der Waals surface area contributed by atoms with Crippen molar-refractivity contribution in [3.05, 3.63) is 12.2 Å². The molecule has 52 valence electrons. The highest BCUT2D eigenvalue weighted by atomic mass is 16.8. The van der Waals surface area contributed by atoms with Gasteiger partial charge >= 0.3 is 0 Å². The lowest BCUT2D eigenvalue weighted by Gasteiger charge is -1.96. The summed E-state index contributed by atoms with van der Waals surface area (Å²) in [5, 5.41) is 0. The predicted molar refractivity (Wildman–Crippen MR) is 35.1 cm³/mol. The zero-order chi connectivity index (χ0) is 6.85. The van der Waals surface area contributed by atoms with E-state index in [-0.39, 0.29) is 6.29 Å². The van der Waals surface area contributed by atoms with Crippen molar-refractivity contribution in [2.45, 2.75) is 26.2 Å². The number of epoxide rings is 1. The highest BCUT2D eigenvalue weighted by Crippen LogP contribution is 2.22. The monoisotopic (exact) mass is 128 g/mol. The molecule has 0 radical (unpaired) electrons. The molecule has 0 bridgehead atoms. The van der Waals surface area contributed by atoms with Gasteiger partial charge in [-0.3, -0.25) is 0 Å². The molecule has 0 saturated carbocycles. The molecule has 9 heavy (non-hydrogen) atoms. The molecule has 1 heterocycles. The molecule has 1 aliphatic heterocycles. The topological polar surface area (TPSA) is 21.8 Å². The number of ether oxygens (including phenoxy) is 2. The van der Waals surface area contributed by atoms with Crippen LogP contribution in [-0.2, 0) is 9.47 Å². The lowest BCUT2D eigenvalue weighted by atomic mass is 10.4. The Bertz CT molecular complexity index is 120. The summed E-state index contributed by atoms with van der Waals surface area (Å²) in [4.78, 5) is 0. The van der Waals surface area contributed by atoms with Gasteiger partial charge in [-0.1, -0.05) is 12.2 Å². The maximum Gasteiger partial charge on any atom is 0.184 e. The normalized spacial score (nSPS) is 32.2. The maximum absolute atomic E-state index is 5.20. The van der Waals surface area contributed by atoms with Crippen LogP contribution in [0.4, 0.5) is 0 Å². The van der Waals surface area contributed by atoms with E-state index in [0.29, 0.717) is 12.7 Å².